The second-order valence-electron chi connectivity index (χ2n) is 5.84. The number of likely N-dealkylation sites (N-methyl/N-ethyl adjacent to an activating group) is 1. The van der Waals surface area contributed by atoms with Crippen LogP contribution in [0.25, 0.3) is 0 Å². The summed E-state index contributed by atoms with van der Waals surface area (Å²) in [6.45, 7) is 4.95. The van der Waals surface area contributed by atoms with Gasteiger partial charge in [0.15, 0.2) is 0 Å². The highest BCUT2D eigenvalue weighted by atomic mass is 16.5. The van der Waals surface area contributed by atoms with Crippen LogP contribution in [0.4, 0.5) is 0 Å². The Bertz CT molecular complexity index is 597. The quantitative estimate of drug-likeness (QED) is 0.851. The monoisotopic (exact) mass is 303 g/mol. The molecule has 0 aliphatic carbocycles. The van der Waals surface area contributed by atoms with Gasteiger partial charge in [0, 0.05) is 31.4 Å². The highest BCUT2D eigenvalue weighted by molar-refractivity contribution is 5.27. The lowest BCUT2D eigenvalue weighted by Crippen LogP contribution is -2.34. The molecular weight excluding hydrogens is 278 g/mol. The first kappa shape index (κ1) is 16.5. The summed E-state index contributed by atoms with van der Waals surface area (Å²) >= 11 is 0. The second kappa shape index (κ2) is 7.42. The van der Waals surface area contributed by atoms with Crippen molar-refractivity contribution in [2.75, 3.05) is 20.2 Å². The largest absolute Gasteiger partial charge is 0.491 e. The minimum absolute atomic E-state index is 0.197. The Balaban J connectivity index is 1.82. The Morgan fingerprint density at radius 1 is 1.41 bits per heavy atom. The van der Waals surface area contributed by atoms with Crippen molar-refractivity contribution in [1.82, 2.24) is 14.7 Å². The molecular formula is C17H25N3O2. The number of aromatic nitrogens is 2. The maximum Gasteiger partial charge on any atom is 0.119 e. The maximum absolute atomic E-state index is 10.2. The average Bonchev–Trinajstić information content (AvgIpc) is 2.91. The number of aliphatic hydroxyl groups is 1. The molecule has 0 radical (unpaired) electrons. The van der Waals surface area contributed by atoms with E-state index >= 15 is 0 Å². The van der Waals surface area contributed by atoms with Gasteiger partial charge in [0.2, 0.25) is 0 Å². The molecule has 1 N–H and O–H groups in total. The molecule has 1 aromatic carbocycles. The summed E-state index contributed by atoms with van der Waals surface area (Å²) in [5, 5.41) is 14.3. The van der Waals surface area contributed by atoms with Crippen LogP contribution in [0.5, 0.6) is 5.75 Å². The molecule has 22 heavy (non-hydrogen) atoms. The summed E-state index contributed by atoms with van der Waals surface area (Å²) in [5.74, 6) is 0.794. The van der Waals surface area contributed by atoms with Crippen LogP contribution in [0.15, 0.2) is 36.7 Å². The molecule has 0 bridgehead atoms. The number of hydrogen-bond acceptors (Lipinski definition) is 4. The SMILES string of the molecule is Cc1cccc(OCC(O)CN(C)C(C)c2cnn(C)c2)c1. The van der Waals surface area contributed by atoms with E-state index < -0.39 is 6.10 Å². The molecule has 1 heterocycles. The third-order valence-corrected chi connectivity index (χ3v) is 3.80. The molecule has 0 saturated heterocycles. The standard InChI is InChI=1S/C17H25N3O2/c1-13-6-5-7-17(8-13)22-12-16(21)11-19(3)14(2)15-9-18-20(4)10-15/h5-10,14,16,21H,11-12H2,1-4H3. The summed E-state index contributed by atoms with van der Waals surface area (Å²) in [5.41, 5.74) is 2.28. The van der Waals surface area contributed by atoms with Gasteiger partial charge in [0.25, 0.3) is 0 Å². The predicted octanol–water partition coefficient (Wildman–Crippen LogP) is 2.16. The number of benzene rings is 1. The Hall–Kier alpha value is -1.85. The molecule has 1 aromatic heterocycles. The summed E-state index contributed by atoms with van der Waals surface area (Å²) in [6.07, 6.45) is 3.32. The Morgan fingerprint density at radius 3 is 2.82 bits per heavy atom. The van der Waals surface area contributed by atoms with Gasteiger partial charge in [-0.2, -0.15) is 5.10 Å². The molecule has 0 saturated carbocycles. The summed E-state index contributed by atoms with van der Waals surface area (Å²) in [7, 11) is 3.90. The zero-order valence-corrected chi connectivity index (χ0v) is 13.7. The lowest BCUT2D eigenvalue weighted by molar-refractivity contribution is 0.0653. The fourth-order valence-electron chi connectivity index (χ4n) is 2.35. The molecule has 0 aliphatic heterocycles. The molecule has 2 atom stereocenters. The molecule has 2 unspecified atom stereocenters. The van der Waals surface area contributed by atoms with Crippen molar-refractivity contribution in [1.29, 1.82) is 0 Å². The molecule has 5 nitrogen and oxygen atoms in total. The smallest absolute Gasteiger partial charge is 0.119 e. The molecule has 0 spiro atoms. The van der Waals surface area contributed by atoms with E-state index in [-0.39, 0.29) is 12.6 Å². The summed E-state index contributed by atoms with van der Waals surface area (Å²) < 4.78 is 7.43. The van der Waals surface area contributed by atoms with Crippen LogP contribution < -0.4 is 4.74 Å². The molecule has 2 aromatic rings. The van der Waals surface area contributed by atoms with E-state index in [1.807, 2.05) is 57.7 Å². The highest BCUT2D eigenvalue weighted by Crippen LogP contribution is 2.18. The van der Waals surface area contributed by atoms with Gasteiger partial charge in [-0.05, 0) is 38.6 Å². The van der Waals surface area contributed by atoms with E-state index in [4.69, 9.17) is 4.74 Å². The van der Waals surface area contributed by atoms with Crippen LogP contribution in [0.2, 0.25) is 0 Å². The zero-order valence-electron chi connectivity index (χ0n) is 13.7. The van der Waals surface area contributed by atoms with E-state index in [1.54, 1.807) is 4.68 Å². The van der Waals surface area contributed by atoms with Crippen molar-refractivity contribution in [2.45, 2.75) is 26.0 Å². The highest BCUT2D eigenvalue weighted by Gasteiger charge is 2.17. The minimum atomic E-state index is -0.537. The van der Waals surface area contributed by atoms with E-state index in [9.17, 15) is 5.11 Å². The number of ether oxygens (including phenoxy) is 1. The Morgan fingerprint density at radius 2 is 2.18 bits per heavy atom. The zero-order chi connectivity index (χ0) is 16.1. The van der Waals surface area contributed by atoms with Crippen molar-refractivity contribution in [2.24, 2.45) is 7.05 Å². The van der Waals surface area contributed by atoms with Gasteiger partial charge in [0.1, 0.15) is 18.5 Å². The fourth-order valence-corrected chi connectivity index (χ4v) is 2.35. The van der Waals surface area contributed by atoms with Crippen LogP contribution in [0, 0.1) is 6.92 Å². The topological polar surface area (TPSA) is 50.5 Å². The minimum Gasteiger partial charge on any atom is -0.491 e. The number of aryl methyl sites for hydroxylation is 2. The molecule has 0 aliphatic rings. The molecule has 0 amide bonds. The van der Waals surface area contributed by atoms with Gasteiger partial charge in [-0.1, -0.05) is 12.1 Å². The number of nitrogens with zero attached hydrogens (tertiary/aromatic N) is 3. The van der Waals surface area contributed by atoms with Crippen molar-refractivity contribution >= 4 is 0 Å². The van der Waals surface area contributed by atoms with Crippen LogP contribution in [0.3, 0.4) is 0 Å². The van der Waals surface area contributed by atoms with Crippen molar-refractivity contribution in [3.63, 3.8) is 0 Å². The van der Waals surface area contributed by atoms with E-state index in [0.717, 1.165) is 16.9 Å². The van der Waals surface area contributed by atoms with Gasteiger partial charge < -0.3 is 9.84 Å². The maximum atomic E-state index is 10.2. The van der Waals surface area contributed by atoms with Crippen LogP contribution in [-0.2, 0) is 7.05 Å². The van der Waals surface area contributed by atoms with Crippen LogP contribution >= 0.6 is 0 Å². The second-order valence-corrected chi connectivity index (χ2v) is 5.84. The van der Waals surface area contributed by atoms with Gasteiger partial charge >= 0.3 is 0 Å². The molecule has 2 rings (SSSR count). The molecule has 5 heteroatoms. The van der Waals surface area contributed by atoms with Crippen molar-refractivity contribution < 1.29 is 9.84 Å². The first-order chi connectivity index (χ1) is 10.5. The van der Waals surface area contributed by atoms with E-state index in [1.165, 1.54) is 0 Å². The summed E-state index contributed by atoms with van der Waals surface area (Å²) in [6, 6.07) is 8.04. The van der Waals surface area contributed by atoms with E-state index in [0.29, 0.717) is 6.54 Å². The fraction of sp³-hybridized carbons (Fsp3) is 0.471. The third-order valence-electron chi connectivity index (χ3n) is 3.80. The van der Waals surface area contributed by atoms with Gasteiger partial charge in [0.05, 0.1) is 6.20 Å². The average molecular weight is 303 g/mol. The molecule has 0 fully saturated rings. The van der Waals surface area contributed by atoms with Crippen molar-refractivity contribution in [3.05, 3.63) is 47.8 Å². The van der Waals surface area contributed by atoms with Crippen LogP contribution in [-0.4, -0.2) is 46.1 Å². The first-order valence-corrected chi connectivity index (χ1v) is 7.52. The Kier molecular flexibility index (Phi) is 5.57. The van der Waals surface area contributed by atoms with Crippen molar-refractivity contribution in [3.8, 4) is 5.75 Å². The number of rotatable bonds is 7. The van der Waals surface area contributed by atoms with Gasteiger partial charge in [-0.25, -0.2) is 0 Å². The lowest BCUT2D eigenvalue weighted by atomic mass is 10.1. The van der Waals surface area contributed by atoms with Gasteiger partial charge in [-0.3, -0.25) is 9.58 Å². The number of aliphatic hydroxyl groups excluding tert-OH is 1. The summed E-state index contributed by atoms with van der Waals surface area (Å²) in [4.78, 5) is 2.10. The number of hydrogen-bond donors (Lipinski definition) is 1. The lowest BCUT2D eigenvalue weighted by Gasteiger charge is -2.26. The first-order valence-electron chi connectivity index (χ1n) is 7.52. The third kappa shape index (κ3) is 4.58. The van der Waals surface area contributed by atoms with Gasteiger partial charge in [-0.15, -0.1) is 0 Å². The van der Waals surface area contributed by atoms with E-state index in [2.05, 4.69) is 16.9 Å². The molecule has 120 valence electrons. The Labute approximate surface area is 132 Å². The van der Waals surface area contributed by atoms with Crippen LogP contribution in [0.1, 0.15) is 24.1 Å². The predicted molar refractivity (Wildman–Crippen MR) is 86.9 cm³/mol. The normalized spacial score (nSPS) is 14.1.